The van der Waals surface area contributed by atoms with Crippen LogP contribution in [0.4, 0.5) is 0 Å². The van der Waals surface area contributed by atoms with Gasteiger partial charge in [0.15, 0.2) is 0 Å². The van der Waals surface area contributed by atoms with Gasteiger partial charge in [0.2, 0.25) is 0 Å². The molecule has 0 bridgehead atoms. The molecule has 0 unspecified atom stereocenters. The Bertz CT molecular complexity index is 585. The van der Waals surface area contributed by atoms with Crippen molar-refractivity contribution in [1.82, 2.24) is 19.7 Å². The molecule has 0 aliphatic heterocycles. The van der Waals surface area contributed by atoms with E-state index in [1.54, 1.807) is 4.68 Å². The van der Waals surface area contributed by atoms with Crippen molar-refractivity contribution < 1.29 is 0 Å². The summed E-state index contributed by atoms with van der Waals surface area (Å²) in [6.45, 7) is 7.95. The Hall–Kier alpha value is -1.13. The highest BCUT2D eigenvalue weighted by Crippen LogP contribution is 2.28. The Morgan fingerprint density at radius 2 is 1.79 bits per heavy atom. The summed E-state index contributed by atoms with van der Waals surface area (Å²) in [5.74, 6) is 1.07. The molecule has 2 aromatic rings. The quantitative estimate of drug-likeness (QED) is 0.810. The Morgan fingerprint density at radius 1 is 1.21 bits per heavy atom. The van der Waals surface area contributed by atoms with E-state index >= 15 is 0 Å². The fourth-order valence-electron chi connectivity index (χ4n) is 1.97. The minimum absolute atomic E-state index is 0.249. The number of rotatable bonds is 3. The van der Waals surface area contributed by atoms with Gasteiger partial charge in [-0.05, 0) is 25.8 Å². The highest BCUT2D eigenvalue weighted by atomic mass is 35.5. The summed E-state index contributed by atoms with van der Waals surface area (Å²) in [6, 6.07) is 1.91. The third kappa shape index (κ3) is 2.74. The van der Waals surface area contributed by atoms with E-state index in [1.165, 1.54) is 0 Å². The smallest absolute Gasteiger partial charge is 0.216 e. The van der Waals surface area contributed by atoms with E-state index in [2.05, 4.69) is 28.9 Å². The van der Waals surface area contributed by atoms with Crippen molar-refractivity contribution in [1.29, 1.82) is 0 Å². The van der Waals surface area contributed by atoms with Gasteiger partial charge in [0.1, 0.15) is 5.15 Å². The van der Waals surface area contributed by atoms with Crippen LogP contribution < -0.4 is 0 Å². The van der Waals surface area contributed by atoms with Crippen molar-refractivity contribution in [3.05, 3.63) is 33.9 Å². The number of hydrogen-bond acceptors (Lipinski definition) is 3. The average Bonchev–Trinajstić information content (AvgIpc) is 2.65. The van der Waals surface area contributed by atoms with Crippen LogP contribution >= 0.6 is 23.2 Å². The first-order chi connectivity index (χ1) is 8.93. The van der Waals surface area contributed by atoms with Crippen LogP contribution in [0.2, 0.25) is 5.15 Å². The van der Waals surface area contributed by atoms with Crippen molar-refractivity contribution in [2.24, 2.45) is 0 Å². The van der Waals surface area contributed by atoms with Crippen LogP contribution in [0.15, 0.2) is 6.07 Å². The molecule has 0 radical (unpaired) electrons. The van der Waals surface area contributed by atoms with E-state index < -0.39 is 0 Å². The lowest BCUT2D eigenvalue weighted by Gasteiger charge is -2.04. The van der Waals surface area contributed by atoms with Gasteiger partial charge in [-0.25, -0.2) is 9.97 Å². The maximum Gasteiger partial charge on any atom is 0.252 e. The Kier molecular flexibility index (Phi) is 4.11. The largest absolute Gasteiger partial charge is 0.252 e. The van der Waals surface area contributed by atoms with Crippen molar-refractivity contribution in [2.75, 3.05) is 0 Å². The van der Waals surface area contributed by atoms with Gasteiger partial charge < -0.3 is 0 Å². The minimum atomic E-state index is 0.249. The lowest BCUT2D eigenvalue weighted by Crippen LogP contribution is -2.06. The third-order valence-corrected chi connectivity index (χ3v) is 3.45. The van der Waals surface area contributed by atoms with E-state index in [9.17, 15) is 0 Å². The third-order valence-electron chi connectivity index (χ3n) is 2.79. The van der Waals surface area contributed by atoms with Gasteiger partial charge in [-0.15, -0.1) is 11.6 Å². The Labute approximate surface area is 122 Å². The monoisotopic (exact) mass is 298 g/mol. The minimum Gasteiger partial charge on any atom is -0.216 e. The standard InChI is InChI=1S/C13H16Cl2N4/c1-7(2)11-10(6-14)12(15)19(18-11)13-16-8(3)5-9(4)17-13/h5,7H,6H2,1-4H3. The molecule has 0 saturated heterocycles. The zero-order chi connectivity index (χ0) is 14.2. The van der Waals surface area contributed by atoms with Gasteiger partial charge in [0.05, 0.1) is 11.6 Å². The molecule has 0 saturated carbocycles. The van der Waals surface area contributed by atoms with Crippen molar-refractivity contribution >= 4 is 23.2 Å². The van der Waals surface area contributed by atoms with Crippen LogP contribution in [0.5, 0.6) is 0 Å². The van der Waals surface area contributed by atoms with Crippen LogP contribution in [0.3, 0.4) is 0 Å². The lowest BCUT2D eigenvalue weighted by atomic mass is 10.1. The molecule has 19 heavy (non-hydrogen) atoms. The fourth-order valence-corrected chi connectivity index (χ4v) is 2.58. The molecule has 2 heterocycles. The maximum absolute atomic E-state index is 6.35. The normalized spacial score (nSPS) is 11.3. The summed E-state index contributed by atoms with van der Waals surface area (Å²) in [4.78, 5) is 8.75. The molecular weight excluding hydrogens is 283 g/mol. The summed E-state index contributed by atoms with van der Waals surface area (Å²) in [5.41, 5.74) is 3.50. The molecule has 0 amide bonds. The molecule has 0 spiro atoms. The molecule has 0 atom stereocenters. The predicted octanol–water partition coefficient (Wildman–Crippen LogP) is 3.79. The summed E-state index contributed by atoms with van der Waals surface area (Å²) in [6.07, 6.45) is 0. The zero-order valence-electron chi connectivity index (χ0n) is 11.4. The van der Waals surface area contributed by atoms with E-state index in [-0.39, 0.29) is 5.92 Å². The van der Waals surface area contributed by atoms with Gasteiger partial charge in [-0.3, -0.25) is 0 Å². The van der Waals surface area contributed by atoms with Crippen LogP contribution in [0, 0.1) is 13.8 Å². The van der Waals surface area contributed by atoms with Crippen molar-refractivity contribution in [2.45, 2.75) is 39.5 Å². The molecule has 6 heteroatoms. The summed E-state index contributed by atoms with van der Waals surface area (Å²) >= 11 is 12.3. The molecule has 0 N–H and O–H groups in total. The first kappa shape index (κ1) is 14.3. The van der Waals surface area contributed by atoms with Crippen LogP contribution in [0.25, 0.3) is 5.95 Å². The predicted molar refractivity (Wildman–Crippen MR) is 77.3 cm³/mol. The molecule has 2 aromatic heterocycles. The number of nitrogens with zero attached hydrogens (tertiary/aromatic N) is 4. The molecule has 0 aromatic carbocycles. The number of aryl methyl sites for hydroxylation is 2. The SMILES string of the molecule is Cc1cc(C)nc(-n2nc(C(C)C)c(CCl)c2Cl)n1. The highest BCUT2D eigenvalue weighted by Gasteiger charge is 2.20. The topological polar surface area (TPSA) is 43.6 Å². The molecule has 4 nitrogen and oxygen atoms in total. The molecule has 102 valence electrons. The Balaban J connectivity index is 2.62. The number of hydrogen-bond donors (Lipinski definition) is 0. The molecule has 0 fully saturated rings. The second-order valence-electron chi connectivity index (χ2n) is 4.81. The van der Waals surface area contributed by atoms with Gasteiger partial charge in [0.25, 0.3) is 5.95 Å². The summed E-state index contributed by atoms with van der Waals surface area (Å²) in [5, 5.41) is 5.00. The molecule has 0 aliphatic rings. The first-order valence-electron chi connectivity index (χ1n) is 6.10. The summed E-state index contributed by atoms with van der Waals surface area (Å²) in [7, 11) is 0. The van der Waals surface area contributed by atoms with E-state index in [4.69, 9.17) is 23.2 Å². The van der Waals surface area contributed by atoms with Gasteiger partial charge in [-0.1, -0.05) is 25.4 Å². The van der Waals surface area contributed by atoms with Gasteiger partial charge >= 0.3 is 0 Å². The molecule has 2 rings (SSSR count). The van der Waals surface area contributed by atoms with Gasteiger partial charge in [-0.2, -0.15) is 9.78 Å². The Morgan fingerprint density at radius 3 is 2.21 bits per heavy atom. The maximum atomic E-state index is 6.35. The van der Waals surface area contributed by atoms with Crippen molar-refractivity contribution in [3.8, 4) is 5.95 Å². The van der Waals surface area contributed by atoms with Crippen LogP contribution in [-0.2, 0) is 5.88 Å². The van der Waals surface area contributed by atoms with E-state index in [0.717, 1.165) is 22.6 Å². The average molecular weight is 299 g/mol. The number of halogens is 2. The lowest BCUT2D eigenvalue weighted by molar-refractivity contribution is 0.735. The molecule has 0 aliphatic carbocycles. The first-order valence-corrected chi connectivity index (χ1v) is 7.01. The second kappa shape index (κ2) is 5.47. The number of alkyl halides is 1. The molecular formula is C13H16Cl2N4. The van der Waals surface area contributed by atoms with Gasteiger partial charge in [0, 0.05) is 17.0 Å². The highest BCUT2D eigenvalue weighted by molar-refractivity contribution is 6.31. The van der Waals surface area contributed by atoms with Crippen molar-refractivity contribution in [3.63, 3.8) is 0 Å². The number of aromatic nitrogens is 4. The van der Waals surface area contributed by atoms with Crippen LogP contribution in [-0.4, -0.2) is 19.7 Å². The second-order valence-corrected chi connectivity index (χ2v) is 5.43. The fraction of sp³-hybridized carbons (Fsp3) is 0.462. The van der Waals surface area contributed by atoms with E-state index in [1.807, 2.05) is 19.9 Å². The van der Waals surface area contributed by atoms with Crippen LogP contribution in [0.1, 0.15) is 42.4 Å². The van der Waals surface area contributed by atoms with E-state index in [0.29, 0.717) is 17.0 Å². The summed E-state index contributed by atoms with van der Waals surface area (Å²) < 4.78 is 1.56. The zero-order valence-corrected chi connectivity index (χ0v) is 12.9.